The Balaban J connectivity index is 2.92. The van der Waals surface area contributed by atoms with Crippen LogP contribution in [-0.4, -0.2) is 0 Å². The number of halogens is 2. The standard InChI is InChI=1S/C9H6BrIS/c1-5-4-12-9-7(5)2-6(10)3-8(9)11/h2-4H,1H3. The van der Waals surface area contributed by atoms with Crippen LogP contribution in [0.4, 0.5) is 0 Å². The molecule has 0 aliphatic rings. The topological polar surface area (TPSA) is 0 Å². The van der Waals surface area contributed by atoms with E-state index in [1.807, 2.05) is 11.3 Å². The van der Waals surface area contributed by atoms with E-state index in [1.54, 1.807) is 0 Å². The van der Waals surface area contributed by atoms with Gasteiger partial charge in [0.15, 0.2) is 0 Å². The third kappa shape index (κ3) is 1.42. The molecule has 2 aromatic rings. The van der Waals surface area contributed by atoms with Crippen LogP contribution in [0.15, 0.2) is 22.0 Å². The fourth-order valence-electron chi connectivity index (χ4n) is 1.18. The minimum absolute atomic E-state index is 1.17. The average Bonchev–Trinajstić information content (AvgIpc) is 2.33. The molecule has 0 atom stereocenters. The van der Waals surface area contributed by atoms with E-state index in [0.717, 1.165) is 0 Å². The van der Waals surface area contributed by atoms with Crippen LogP contribution in [0.2, 0.25) is 0 Å². The molecule has 0 radical (unpaired) electrons. The van der Waals surface area contributed by atoms with E-state index in [9.17, 15) is 0 Å². The first-order chi connectivity index (χ1) is 5.68. The zero-order valence-electron chi connectivity index (χ0n) is 6.40. The maximum Gasteiger partial charge on any atom is 0.0479 e. The van der Waals surface area contributed by atoms with Gasteiger partial charge < -0.3 is 0 Å². The highest BCUT2D eigenvalue weighted by Gasteiger charge is 2.04. The van der Waals surface area contributed by atoms with Crippen LogP contribution >= 0.6 is 49.9 Å². The SMILES string of the molecule is Cc1csc2c(I)cc(Br)cc12. The fourth-order valence-corrected chi connectivity index (χ4v) is 4.02. The predicted molar refractivity (Wildman–Crippen MR) is 67.0 cm³/mol. The van der Waals surface area contributed by atoms with Crippen LogP contribution in [0.25, 0.3) is 10.1 Å². The van der Waals surface area contributed by atoms with Gasteiger partial charge in [-0.2, -0.15) is 0 Å². The highest BCUT2D eigenvalue weighted by atomic mass is 127. The van der Waals surface area contributed by atoms with Crippen molar-refractivity contribution in [1.29, 1.82) is 0 Å². The Morgan fingerprint density at radius 3 is 2.92 bits per heavy atom. The van der Waals surface area contributed by atoms with Gasteiger partial charge in [0.2, 0.25) is 0 Å². The number of benzene rings is 1. The summed E-state index contributed by atoms with van der Waals surface area (Å²) in [6.07, 6.45) is 0. The van der Waals surface area contributed by atoms with Gasteiger partial charge in [-0.25, -0.2) is 0 Å². The zero-order chi connectivity index (χ0) is 8.72. The van der Waals surface area contributed by atoms with Crippen molar-refractivity contribution in [3.8, 4) is 0 Å². The smallest absolute Gasteiger partial charge is 0.0479 e. The van der Waals surface area contributed by atoms with E-state index < -0.39 is 0 Å². The lowest BCUT2D eigenvalue weighted by Gasteiger charge is -1.96. The lowest BCUT2D eigenvalue weighted by molar-refractivity contribution is 1.58. The summed E-state index contributed by atoms with van der Waals surface area (Å²) in [5.74, 6) is 0. The Morgan fingerprint density at radius 1 is 1.42 bits per heavy atom. The molecule has 0 amide bonds. The number of aryl methyl sites for hydroxylation is 1. The van der Waals surface area contributed by atoms with E-state index in [2.05, 4.69) is 63.0 Å². The van der Waals surface area contributed by atoms with Gasteiger partial charge in [0.25, 0.3) is 0 Å². The van der Waals surface area contributed by atoms with E-state index in [-0.39, 0.29) is 0 Å². The molecule has 0 aliphatic heterocycles. The second-order valence-corrected chi connectivity index (χ2v) is 5.64. The summed E-state index contributed by atoms with van der Waals surface area (Å²) in [5.41, 5.74) is 1.37. The van der Waals surface area contributed by atoms with E-state index >= 15 is 0 Å². The van der Waals surface area contributed by atoms with Crippen LogP contribution in [0.3, 0.4) is 0 Å². The largest absolute Gasteiger partial charge is 0.142 e. The van der Waals surface area contributed by atoms with Crippen LogP contribution in [0.5, 0.6) is 0 Å². The molecule has 62 valence electrons. The van der Waals surface area contributed by atoms with Crippen molar-refractivity contribution >= 4 is 59.9 Å². The Hall–Kier alpha value is 0.390. The minimum atomic E-state index is 1.17. The van der Waals surface area contributed by atoms with Crippen molar-refractivity contribution in [3.05, 3.63) is 31.1 Å². The molecule has 0 saturated carbocycles. The fraction of sp³-hybridized carbons (Fsp3) is 0.111. The third-order valence-electron chi connectivity index (χ3n) is 1.79. The predicted octanol–water partition coefficient (Wildman–Crippen LogP) is 4.58. The lowest BCUT2D eigenvalue weighted by Crippen LogP contribution is -1.73. The third-order valence-corrected chi connectivity index (χ3v) is 4.61. The van der Waals surface area contributed by atoms with Crippen molar-refractivity contribution in [2.75, 3.05) is 0 Å². The van der Waals surface area contributed by atoms with Crippen molar-refractivity contribution < 1.29 is 0 Å². The number of fused-ring (bicyclic) bond motifs is 1. The average molecular weight is 353 g/mol. The van der Waals surface area contributed by atoms with Crippen molar-refractivity contribution in [2.24, 2.45) is 0 Å². The Labute approximate surface area is 97.2 Å². The van der Waals surface area contributed by atoms with E-state index in [1.165, 1.54) is 23.7 Å². The maximum atomic E-state index is 3.50. The van der Waals surface area contributed by atoms with Crippen LogP contribution in [0, 0.1) is 10.5 Å². The van der Waals surface area contributed by atoms with Gasteiger partial charge in [-0.1, -0.05) is 15.9 Å². The van der Waals surface area contributed by atoms with Gasteiger partial charge >= 0.3 is 0 Å². The molecule has 0 unspecified atom stereocenters. The summed E-state index contributed by atoms with van der Waals surface area (Å²) in [7, 11) is 0. The molecule has 0 N–H and O–H groups in total. The molecule has 0 spiro atoms. The Morgan fingerprint density at radius 2 is 2.17 bits per heavy atom. The van der Waals surface area contributed by atoms with Crippen molar-refractivity contribution in [2.45, 2.75) is 6.92 Å². The molecule has 0 nitrogen and oxygen atoms in total. The molecule has 1 aromatic carbocycles. The monoisotopic (exact) mass is 352 g/mol. The second-order valence-electron chi connectivity index (χ2n) is 2.68. The maximum absolute atomic E-state index is 3.50. The molecule has 2 rings (SSSR count). The highest BCUT2D eigenvalue weighted by Crippen LogP contribution is 2.32. The molecule has 1 aromatic heterocycles. The summed E-state index contributed by atoms with van der Waals surface area (Å²) in [5, 5.41) is 3.58. The number of hydrogen-bond donors (Lipinski definition) is 0. The molecule has 3 heteroatoms. The van der Waals surface area contributed by atoms with Gasteiger partial charge in [-0.15, -0.1) is 11.3 Å². The zero-order valence-corrected chi connectivity index (χ0v) is 11.0. The van der Waals surface area contributed by atoms with E-state index in [4.69, 9.17) is 0 Å². The number of rotatable bonds is 0. The van der Waals surface area contributed by atoms with Crippen LogP contribution in [0.1, 0.15) is 5.56 Å². The van der Waals surface area contributed by atoms with Crippen LogP contribution in [-0.2, 0) is 0 Å². The lowest BCUT2D eigenvalue weighted by atomic mass is 10.2. The van der Waals surface area contributed by atoms with Gasteiger partial charge in [0.1, 0.15) is 0 Å². The first-order valence-corrected chi connectivity index (χ1v) is 6.26. The molecular formula is C9H6BrIS. The van der Waals surface area contributed by atoms with Gasteiger partial charge in [0, 0.05) is 12.7 Å². The summed E-state index contributed by atoms with van der Waals surface area (Å²) in [6, 6.07) is 4.34. The summed E-state index contributed by atoms with van der Waals surface area (Å²) in [4.78, 5) is 0. The molecule has 0 fully saturated rings. The normalized spacial score (nSPS) is 10.9. The molecule has 0 saturated heterocycles. The molecule has 12 heavy (non-hydrogen) atoms. The van der Waals surface area contributed by atoms with Crippen molar-refractivity contribution in [3.63, 3.8) is 0 Å². The first-order valence-electron chi connectivity index (χ1n) is 3.51. The van der Waals surface area contributed by atoms with Crippen molar-refractivity contribution in [1.82, 2.24) is 0 Å². The quantitative estimate of drug-likeness (QED) is 0.609. The minimum Gasteiger partial charge on any atom is -0.142 e. The van der Waals surface area contributed by atoms with Gasteiger partial charge in [-0.3, -0.25) is 0 Å². The summed E-state index contributed by atoms with van der Waals surface area (Å²) in [6.45, 7) is 2.15. The summed E-state index contributed by atoms with van der Waals surface area (Å²) >= 11 is 7.70. The molecule has 0 bridgehead atoms. The van der Waals surface area contributed by atoms with Gasteiger partial charge in [0.05, 0.1) is 0 Å². The number of hydrogen-bond acceptors (Lipinski definition) is 1. The van der Waals surface area contributed by atoms with Gasteiger partial charge in [-0.05, 0) is 58.0 Å². The molecular weight excluding hydrogens is 347 g/mol. The van der Waals surface area contributed by atoms with E-state index in [0.29, 0.717) is 0 Å². The van der Waals surface area contributed by atoms with Crippen LogP contribution < -0.4 is 0 Å². The Kier molecular flexibility index (Phi) is 2.44. The highest BCUT2D eigenvalue weighted by molar-refractivity contribution is 14.1. The first kappa shape index (κ1) is 8.97. The second kappa shape index (κ2) is 3.27. The number of thiophene rings is 1. The Bertz CT molecular complexity index is 433. The molecule has 1 heterocycles. The molecule has 0 aliphatic carbocycles. The summed E-state index contributed by atoms with van der Waals surface area (Å²) < 4.78 is 3.90.